The highest BCUT2D eigenvalue weighted by Gasteiger charge is 2.23. The zero-order valence-electron chi connectivity index (χ0n) is 10.8. The van der Waals surface area contributed by atoms with Crippen molar-refractivity contribution in [2.75, 3.05) is 5.32 Å². The second-order valence-corrected chi connectivity index (χ2v) is 5.33. The maximum Gasteiger partial charge on any atom is 0.252 e. The summed E-state index contributed by atoms with van der Waals surface area (Å²) < 4.78 is 0. The summed E-state index contributed by atoms with van der Waals surface area (Å²) in [6.07, 6.45) is 1.84. The number of carbonyl (C=O) groups excluding carboxylic acids is 1. The standard InChI is InChI=1S/C13H18Cl2N2O/c1-4-13(3,5-2)17-9-7-6-8(14)11(15)10(9)12(16)18/h6-7,17H,4-5H2,1-3H3,(H2,16,18). The second kappa shape index (κ2) is 5.81. The zero-order valence-corrected chi connectivity index (χ0v) is 12.3. The first-order chi connectivity index (χ1) is 8.34. The number of nitrogens with two attached hydrogens (primary N) is 1. The number of hydrogen-bond acceptors (Lipinski definition) is 2. The summed E-state index contributed by atoms with van der Waals surface area (Å²) in [5, 5.41) is 3.85. The van der Waals surface area contributed by atoms with Crippen LogP contribution < -0.4 is 11.1 Å². The lowest BCUT2D eigenvalue weighted by Crippen LogP contribution is -2.34. The van der Waals surface area contributed by atoms with Crippen LogP contribution in [0.25, 0.3) is 0 Å². The van der Waals surface area contributed by atoms with E-state index in [4.69, 9.17) is 28.9 Å². The molecule has 0 heterocycles. The maximum atomic E-state index is 11.5. The molecule has 1 amide bonds. The number of carbonyl (C=O) groups is 1. The number of amides is 1. The van der Waals surface area contributed by atoms with E-state index in [9.17, 15) is 4.79 Å². The van der Waals surface area contributed by atoms with Gasteiger partial charge in [-0.05, 0) is 31.9 Å². The Morgan fingerprint density at radius 1 is 1.33 bits per heavy atom. The molecule has 0 bridgehead atoms. The summed E-state index contributed by atoms with van der Waals surface area (Å²) >= 11 is 11.9. The fourth-order valence-electron chi connectivity index (χ4n) is 1.65. The average Bonchev–Trinajstić information content (AvgIpc) is 2.33. The predicted molar refractivity (Wildman–Crippen MR) is 77.6 cm³/mol. The maximum absolute atomic E-state index is 11.5. The fraction of sp³-hybridized carbons (Fsp3) is 0.462. The van der Waals surface area contributed by atoms with Gasteiger partial charge in [-0.15, -0.1) is 0 Å². The van der Waals surface area contributed by atoms with Gasteiger partial charge in [-0.2, -0.15) is 0 Å². The van der Waals surface area contributed by atoms with Crippen LogP contribution in [-0.2, 0) is 0 Å². The Morgan fingerprint density at radius 3 is 2.33 bits per heavy atom. The Kier molecular flexibility index (Phi) is 4.88. The summed E-state index contributed by atoms with van der Waals surface area (Å²) in [5.74, 6) is -0.584. The van der Waals surface area contributed by atoms with Gasteiger partial charge in [0.05, 0.1) is 15.6 Å². The van der Waals surface area contributed by atoms with E-state index >= 15 is 0 Å². The van der Waals surface area contributed by atoms with Gasteiger partial charge in [0.2, 0.25) is 0 Å². The van der Waals surface area contributed by atoms with E-state index < -0.39 is 5.91 Å². The van der Waals surface area contributed by atoms with Gasteiger partial charge >= 0.3 is 0 Å². The molecular weight excluding hydrogens is 271 g/mol. The normalized spacial score (nSPS) is 11.4. The molecule has 0 radical (unpaired) electrons. The van der Waals surface area contributed by atoms with E-state index in [0.717, 1.165) is 12.8 Å². The van der Waals surface area contributed by atoms with Gasteiger partial charge in [-0.1, -0.05) is 37.0 Å². The van der Waals surface area contributed by atoms with Crippen LogP contribution >= 0.6 is 23.2 Å². The molecule has 0 spiro atoms. The molecule has 0 fully saturated rings. The number of nitrogens with one attached hydrogen (secondary N) is 1. The van der Waals surface area contributed by atoms with Crippen molar-refractivity contribution in [3.63, 3.8) is 0 Å². The smallest absolute Gasteiger partial charge is 0.252 e. The van der Waals surface area contributed by atoms with Crippen LogP contribution in [0, 0.1) is 0 Å². The number of hydrogen-bond donors (Lipinski definition) is 2. The summed E-state index contributed by atoms with van der Waals surface area (Å²) in [7, 11) is 0. The van der Waals surface area contributed by atoms with Crippen molar-refractivity contribution in [3.8, 4) is 0 Å². The largest absolute Gasteiger partial charge is 0.379 e. The van der Waals surface area contributed by atoms with Crippen molar-refractivity contribution in [2.24, 2.45) is 5.73 Å². The lowest BCUT2D eigenvalue weighted by molar-refractivity contribution is 0.100. The van der Waals surface area contributed by atoms with E-state index in [1.807, 2.05) is 0 Å². The molecule has 0 unspecified atom stereocenters. The Bertz CT molecular complexity index is 457. The number of rotatable bonds is 5. The van der Waals surface area contributed by atoms with E-state index in [1.54, 1.807) is 12.1 Å². The fourth-order valence-corrected chi connectivity index (χ4v) is 2.06. The first-order valence-electron chi connectivity index (χ1n) is 5.90. The van der Waals surface area contributed by atoms with Crippen molar-refractivity contribution in [2.45, 2.75) is 39.2 Å². The Morgan fingerprint density at radius 2 is 1.89 bits per heavy atom. The Hall–Kier alpha value is -0.930. The van der Waals surface area contributed by atoms with E-state index in [0.29, 0.717) is 10.7 Å². The topological polar surface area (TPSA) is 55.1 Å². The lowest BCUT2D eigenvalue weighted by Gasteiger charge is -2.30. The molecule has 0 saturated carbocycles. The van der Waals surface area contributed by atoms with E-state index in [1.165, 1.54) is 0 Å². The number of primary amides is 1. The molecule has 18 heavy (non-hydrogen) atoms. The van der Waals surface area contributed by atoms with Crippen molar-refractivity contribution in [3.05, 3.63) is 27.7 Å². The minimum atomic E-state index is -0.584. The molecule has 0 atom stereocenters. The van der Waals surface area contributed by atoms with Crippen LogP contribution in [0.15, 0.2) is 12.1 Å². The van der Waals surface area contributed by atoms with Gasteiger partial charge < -0.3 is 11.1 Å². The highest BCUT2D eigenvalue weighted by Crippen LogP contribution is 2.33. The van der Waals surface area contributed by atoms with Crippen LogP contribution in [0.2, 0.25) is 10.0 Å². The van der Waals surface area contributed by atoms with Crippen LogP contribution in [0.5, 0.6) is 0 Å². The minimum absolute atomic E-state index is 0.110. The SMILES string of the molecule is CCC(C)(CC)Nc1ccc(Cl)c(Cl)c1C(N)=O. The molecule has 100 valence electrons. The van der Waals surface area contributed by atoms with Crippen molar-refractivity contribution >= 4 is 34.8 Å². The van der Waals surface area contributed by atoms with Crippen LogP contribution in [0.1, 0.15) is 44.0 Å². The van der Waals surface area contributed by atoms with Crippen molar-refractivity contribution < 1.29 is 4.79 Å². The zero-order chi connectivity index (χ0) is 13.9. The quantitative estimate of drug-likeness (QED) is 0.858. The molecule has 0 aliphatic carbocycles. The van der Waals surface area contributed by atoms with Gasteiger partial charge in [0.15, 0.2) is 0 Å². The van der Waals surface area contributed by atoms with Gasteiger partial charge in [-0.3, -0.25) is 4.79 Å². The Balaban J connectivity index is 3.25. The number of halogens is 2. The average molecular weight is 289 g/mol. The second-order valence-electron chi connectivity index (χ2n) is 4.54. The van der Waals surface area contributed by atoms with Crippen LogP contribution in [0.4, 0.5) is 5.69 Å². The predicted octanol–water partition coefficient (Wildman–Crippen LogP) is 4.08. The van der Waals surface area contributed by atoms with Crippen LogP contribution in [0.3, 0.4) is 0 Å². The van der Waals surface area contributed by atoms with Crippen LogP contribution in [-0.4, -0.2) is 11.4 Å². The van der Waals surface area contributed by atoms with Gasteiger partial charge in [0.1, 0.15) is 0 Å². The summed E-state index contributed by atoms with van der Waals surface area (Å²) in [6, 6.07) is 3.39. The number of anilines is 1. The third kappa shape index (κ3) is 3.09. The van der Waals surface area contributed by atoms with Gasteiger partial charge in [0, 0.05) is 11.2 Å². The van der Waals surface area contributed by atoms with E-state index in [-0.39, 0.29) is 16.1 Å². The minimum Gasteiger partial charge on any atom is -0.379 e. The third-order valence-corrected chi connectivity index (χ3v) is 4.14. The van der Waals surface area contributed by atoms with Crippen molar-refractivity contribution in [1.29, 1.82) is 0 Å². The molecule has 3 nitrogen and oxygen atoms in total. The molecule has 1 aromatic rings. The molecule has 1 rings (SSSR count). The highest BCUT2D eigenvalue weighted by molar-refractivity contribution is 6.44. The molecule has 1 aromatic carbocycles. The first kappa shape index (κ1) is 15.1. The third-order valence-electron chi connectivity index (χ3n) is 3.34. The molecular formula is C13H18Cl2N2O. The highest BCUT2D eigenvalue weighted by atomic mass is 35.5. The first-order valence-corrected chi connectivity index (χ1v) is 6.66. The summed E-state index contributed by atoms with van der Waals surface area (Å²) in [5.41, 5.74) is 6.13. The lowest BCUT2D eigenvalue weighted by atomic mass is 9.94. The molecule has 5 heteroatoms. The summed E-state index contributed by atoms with van der Waals surface area (Å²) in [6.45, 7) is 6.25. The van der Waals surface area contributed by atoms with Crippen molar-refractivity contribution in [1.82, 2.24) is 0 Å². The van der Waals surface area contributed by atoms with E-state index in [2.05, 4.69) is 26.1 Å². The molecule has 0 saturated heterocycles. The monoisotopic (exact) mass is 288 g/mol. The molecule has 0 aromatic heterocycles. The number of benzene rings is 1. The summed E-state index contributed by atoms with van der Waals surface area (Å²) in [4.78, 5) is 11.5. The molecule has 3 N–H and O–H groups in total. The Labute approximate surface area is 118 Å². The molecule has 0 aliphatic rings. The van der Waals surface area contributed by atoms with Gasteiger partial charge in [0.25, 0.3) is 5.91 Å². The molecule has 0 aliphatic heterocycles. The van der Waals surface area contributed by atoms with Gasteiger partial charge in [-0.25, -0.2) is 0 Å².